The molecule has 2 rings (SSSR count). The van der Waals surface area contributed by atoms with Crippen LogP contribution < -0.4 is 10.6 Å². The summed E-state index contributed by atoms with van der Waals surface area (Å²) in [5, 5.41) is 0. The van der Waals surface area contributed by atoms with Gasteiger partial charge in [0.25, 0.3) is 11.7 Å². The third-order valence-corrected chi connectivity index (χ3v) is 3.52. The number of halogens is 1. The highest BCUT2D eigenvalue weighted by Crippen LogP contribution is 2.36. The molecule has 5 nitrogen and oxygen atoms in total. The maximum atomic E-state index is 11.9. The summed E-state index contributed by atoms with van der Waals surface area (Å²) in [4.78, 5) is 36.0. The Kier molecular flexibility index (Phi) is 3.21. The zero-order chi connectivity index (χ0) is 13.4. The number of fused-ring (bicyclic) bond motifs is 1. The Hall–Kier alpha value is -1.69. The van der Waals surface area contributed by atoms with E-state index < -0.39 is 23.5 Å². The molecule has 0 aromatic heterocycles. The molecule has 1 unspecified atom stereocenters. The number of rotatable bonds is 3. The summed E-state index contributed by atoms with van der Waals surface area (Å²) in [5.74, 6) is -2.19. The van der Waals surface area contributed by atoms with Crippen molar-refractivity contribution in [2.45, 2.75) is 6.92 Å². The third kappa shape index (κ3) is 1.92. The van der Waals surface area contributed by atoms with Gasteiger partial charge in [-0.2, -0.15) is 0 Å². The number of hydrogen-bond acceptors (Lipinski definition) is 3. The van der Waals surface area contributed by atoms with Gasteiger partial charge in [0, 0.05) is 11.0 Å². The molecular formula is C12H11BrN2O3. The summed E-state index contributed by atoms with van der Waals surface area (Å²) in [6.07, 6.45) is 0. The van der Waals surface area contributed by atoms with Crippen molar-refractivity contribution in [3.8, 4) is 0 Å². The van der Waals surface area contributed by atoms with Crippen LogP contribution in [0.4, 0.5) is 5.69 Å². The number of carbonyl (C=O) groups excluding carboxylic acids is 3. The van der Waals surface area contributed by atoms with E-state index in [2.05, 4.69) is 15.9 Å². The Labute approximate surface area is 112 Å². The fraction of sp³-hybridized carbons (Fsp3) is 0.250. The molecule has 18 heavy (non-hydrogen) atoms. The van der Waals surface area contributed by atoms with Crippen LogP contribution in [0.15, 0.2) is 22.7 Å². The van der Waals surface area contributed by atoms with Gasteiger partial charge in [0.1, 0.15) is 0 Å². The zero-order valence-electron chi connectivity index (χ0n) is 9.64. The van der Waals surface area contributed by atoms with Gasteiger partial charge in [-0.25, -0.2) is 0 Å². The minimum absolute atomic E-state index is 0.107. The first-order valence-electron chi connectivity index (χ1n) is 5.37. The van der Waals surface area contributed by atoms with E-state index in [9.17, 15) is 14.4 Å². The second-order valence-electron chi connectivity index (χ2n) is 4.18. The summed E-state index contributed by atoms with van der Waals surface area (Å²) >= 11 is 3.31. The second kappa shape index (κ2) is 4.53. The standard InChI is InChI=1S/C12H11BrN2O3/c1-6(11(14)17)5-15-9-7(10(16)12(15)18)3-2-4-8(9)13/h2-4,6H,5H2,1H3,(H2,14,17). The van der Waals surface area contributed by atoms with Gasteiger partial charge in [0.2, 0.25) is 5.91 Å². The maximum absolute atomic E-state index is 11.9. The third-order valence-electron chi connectivity index (χ3n) is 2.88. The van der Waals surface area contributed by atoms with Crippen molar-refractivity contribution in [3.05, 3.63) is 28.2 Å². The molecule has 6 heteroatoms. The Morgan fingerprint density at radius 3 is 2.72 bits per heavy atom. The number of primary amides is 1. The van der Waals surface area contributed by atoms with Crippen LogP contribution >= 0.6 is 15.9 Å². The topological polar surface area (TPSA) is 80.5 Å². The van der Waals surface area contributed by atoms with Crippen LogP contribution in [-0.2, 0) is 9.59 Å². The summed E-state index contributed by atoms with van der Waals surface area (Å²) in [7, 11) is 0. The van der Waals surface area contributed by atoms with E-state index in [1.54, 1.807) is 25.1 Å². The molecule has 0 saturated heterocycles. The van der Waals surface area contributed by atoms with Crippen LogP contribution in [0.1, 0.15) is 17.3 Å². The van der Waals surface area contributed by atoms with E-state index in [1.807, 2.05) is 0 Å². The number of para-hydroxylation sites is 1. The Morgan fingerprint density at radius 2 is 2.11 bits per heavy atom. The first-order valence-corrected chi connectivity index (χ1v) is 6.16. The highest BCUT2D eigenvalue weighted by molar-refractivity contribution is 9.10. The SMILES string of the molecule is CC(CN1C(=O)C(=O)c2cccc(Br)c21)C(N)=O. The maximum Gasteiger partial charge on any atom is 0.299 e. The van der Waals surface area contributed by atoms with Crippen LogP contribution in [-0.4, -0.2) is 24.1 Å². The lowest BCUT2D eigenvalue weighted by Crippen LogP contribution is -2.38. The highest BCUT2D eigenvalue weighted by Gasteiger charge is 2.38. The molecule has 0 spiro atoms. The van der Waals surface area contributed by atoms with Crippen LogP contribution in [0.2, 0.25) is 0 Å². The normalized spacial score (nSPS) is 15.8. The van der Waals surface area contributed by atoms with E-state index in [0.717, 1.165) is 0 Å². The van der Waals surface area contributed by atoms with E-state index in [1.165, 1.54) is 4.90 Å². The molecule has 1 aromatic carbocycles. The fourth-order valence-corrected chi connectivity index (χ4v) is 2.43. The van der Waals surface area contributed by atoms with Gasteiger partial charge in [0.05, 0.1) is 17.2 Å². The Morgan fingerprint density at radius 1 is 1.44 bits per heavy atom. The number of amides is 2. The van der Waals surface area contributed by atoms with Gasteiger partial charge in [0.15, 0.2) is 0 Å². The van der Waals surface area contributed by atoms with Crippen LogP contribution in [0.5, 0.6) is 0 Å². The molecule has 0 saturated carbocycles. The highest BCUT2D eigenvalue weighted by atomic mass is 79.9. The van der Waals surface area contributed by atoms with Gasteiger partial charge in [-0.1, -0.05) is 13.0 Å². The smallest absolute Gasteiger partial charge is 0.299 e. The van der Waals surface area contributed by atoms with Gasteiger partial charge in [-0.3, -0.25) is 14.4 Å². The number of anilines is 1. The molecule has 0 radical (unpaired) electrons. The largest absolute Gasteiger partial charge is 0.369 e. The lowest BCUT2D eigenvalue weighted by molar-refractivity contribution is -0.121. The Bertz CT molecular complexity index is 556. The van der Waals surface area contributed by atoms with Gasteiger partial charge >= 0.3 is 0 Å². The average Bonchev–Trinajstić information content (AvgIpc) is 2.56. The number of nitrogens with two attached hydrogens (primary N) is 1. The van der Waals surface area contributed by atoms with Crippen molar-refractivity contribution in [3.63, 3.8) is 0 Å². The van der Waals surface area contributed by atoms with Crippen molar-refractivity contribution < 1.29 is 14.4 Å². The quantitative estimate of drug-likeness (QED) is 0.849. The van der Waals surface area contributed by atoms with Gasteiger partial charge in [-0.15, -0.1) is 0 Å². The minimum Gasteiger partial charge on any atom is -0.369 e. The first-order chi connectivity index (χ1) is 8.43. The molecule has 2 N–H and O–H groups in total. The van der Waals surface area contributed by atoms with Crippen molar-refractivity contribution in [2.24, 2.45) is 11.7 Å². The molecule has 1 heterocycles. The van der Waals surface area contributed by atoms with Crippen molar-refractivity contribution in [1.82, 2.24) is 0 Å². The predicted molar refractivity (Wildman–Crippen MR) is 69.2 cm³/mol. The fourth-order valence-electron chi connectivity index (χ4n) is 1.85. The summed E-state index contributed by atoms with van der Waals surface area (Å²) in [5.41, 5.74) is 6.05. The zero-order valence-corrected chi connectivity index (χ0v) is 11.2. The summed E-state index contributed by atoms with van der Waals surface area (Å²) in [6, 6.07) is 5.02. The van der Waals surface area contributed by atoms with Crippen molar-refractivity contribution in [1.29, 1.82) is 0 Å². The number of carbonyl (C=O) groups is 3. The van der Waals surface area contributed by atoms with Gasteiger partial charge < -0.3 is 10.6 Å². The first kappa shape index (κ1) is 12.8. The number of hydrogen-bond donors (Lipinski definition) is 1. The number of nitrogens with zero attached hydrogens (tertiary/aromatic N) is 1. The predicted octanol–water partition coefficient (Wildman–Crippen LogP) is 1.10. The molecule has 1 aliphatic heterocycles. The molecule has 1 aliphatic rings. The average molecular weight is 311 g/mol. The molecule has 0 bridgehead atoms. The van der Waals surface area contributed by atoms with Crippen molar-refractivity contribution >= 4 is 39.2 Å². The monoisotopic (exact) mass is 310 g/mol. The van der Waals surface area contributed by atoms with Gasteiger partial charge in [-0.05, 0) is 28.1 Å². The van der Waals surface area contributed by atoms with E-state index in [0.29, 0.717) is 15.7 Å². The van der Waals surface area contributed by atoms with Crippen LogP contribution in [0.25, 0.3) is 0 Å². The number of ketones is 1. The van der Waals surface area contributed by atoms with E-state index >= 15 is 0 Å². The molecular weight excluding hydrogens is 300 g/mol. The number of Topliss-reactive ketones (excluding diaryl/α,β-unsaturated/α-hetero) is 1. The molecule has 94 valence electrons. The van der Waals surface area contributed by atoms with Crippen molar-refractivity contribution in [2.75, 3.05) is 11.4 Å². The summed E-state index contributed by atoms with van der Waals surface area (Å²) in [6.45, 7) is 1.73. The lowest BCUT2D eigenvalue weighted by Gasteiger charge is -2.20. The molecule has 1 atom stereocenters. The lowest BCUT2D eigenvalue weighted by atomic mass is 10.1. The second-order valence-corrected chi connectivity index (χ2v) is 5.04. The van der Waals surface area contributed by atoms with E-state index in [4.69, 9.17) is 5.73 Å². The molecule has 1 aromatic rings. The summed E-state index contributed by atoms with van der Waals surface area (Å²) < 4.78 is 0.649. The van der Waals surface area contributed by atoms with Crippen LogP contribution in [0, 0.1) is 5.92 Å². The molecule has 0 aliphatic carbocycles. The van der Waals surface area contributed by atoms with E-state index in [-0.39, 0.29) is 6.54 Å². The Balaban J connectivity index is 2.42. The molecule has 0 fully saturated rings. The van der Waals surface area contributed by atoms with Crippen LogP contribution in [0.3, 0.4) is 0 Å². The molecule has 2 amide bonds. The minimum atomic E-state index is -0.620. The number of benzene rings is 1.